The van der Waals surface area contributed by atoms with Gasteiger partial charge in [0.25, 0.3) is 5.91 Å². The molecule has 1 amide bonds. The Morgan fingerprint density at radius 2 is 1.94 bits per heavy atom. The topological polar surface area (TPSA) is 109 Å². The number of halogens is 2. The minimum Gasteiger partial charge on any atom is -0.470 e. The first-order chi connectivity index (χ1) is 16.2. The number of nitrogens with zero attached hydrogens (tertiary/aromatic N) is 2. The largest absolute Gasteiger partial charge is 0.470 e. The molecular weight excluding hydrogens is 505 g/mol. The molecule has 0 bridgehead atoms. The fourth-order valence-corrected chi connectivity index (χ4v) is 4.42. The fraction of sp³-hybridized carbons (Fsp3) is 0.273. The van der Waals surface area contributed by atoms with E-state index in [0.717, 1.165) is 11.3 Å². The van der Waals surface area contributed by atoms with Gasteiger partial charge in [0.1, 0.15) is 15.6 Å². The van der Waals surface area contributed by atoms with Crippen molar-refractivity contribution in [1.82, 2.24) is 9.78 Å². The summed E-state index contributed by atoms with van der Waals surface area (Å²) in [5, 5.41) is 7.82. The molecule has 0 unspecified atom stereocenters. The van der Waals surface area contributed by atoms with Gasteiger partial charge in [0.2, 0.25) is 0 Å². The molecule has 12 heteroatoms. The van der Waals surface area contributed by atoms with Crippen molar-refractivity contribution < 1.29 is 28.6 Å². The van der Waals surface area contributed by atoms with E-state index >= 15 is 0 Å². The number of nitrogens with one attached hydrogen (secondary N) is 1. The van der Waals surface area contributed by atoms with Gasteiger partial charge in [0.05, 0.1) is 24.3 Å². The molecule has 3 rings (SSSR count). The molecular formula is C22H21Cl2N3O6S. The zero-order valence-electron chi connectivity index (χ0n) is 18.5. The first-order valence-electron chi connectivity index (χ1n) is 10.1. The minimum atomic E-state index is -0.639. The summed E-state index contributed by atoms with van der Waals surface area (Å²) in [7, 11) is 1.24. The van der Waals surface area contributed by atoms with Crippen LogP contribution >= 0.6 is 34.5 Å². The van der Waals surface area contributed by atoms with E-state index in [1.807, 2.05) is 6.92 Å². The maximum atomic E-state index is 12.8. The van der Waals surface area contributed by atoms with E-state index in [1.54, 1.807) is 31.3 Å². The number of hydrogen-bond donors (Lipinski definition) is 1. The lowest BCUT2D eigenvalue weighted by atomic mass is 10.1. The molecule has 1 N–H and O–H groups in total. The van der Waals surface area contributed by atoms with Gasteiger partial charge in [-0.05, 0) is 43.2 Å². The van der Waals surface area contributed by atoms with Gasteiger partial charge in [-0.2, -0.15) is 5.10 Å². The number of ether oxygens (including phenoxy) is 3. The van der Waals surface area contributed by atoms with Crippen LogP contribution in [0.25, 0.3) is 0 Å². The average molecular weight is 526 g/mol. The second kappa shape index (κ2) is 11.4. The van der Waals surface area contributed by atoms with Crippen LogP contribution in [0.5, 0.6) is 5.75 Å². The van der Waals surface area contributed by atoms with Gasteiger partial charge in [0.15, 0.2) is 12.4 Å². The molecule has 3 aromatic rings. The molecule has 0 aliphatic rings. The Balaban J connectivity index is 1.76. The number of benzene rings is 1. The summed E-state index contributed by atoms with van der Waals surface area (Å²) in [6.45, 7) is 3.65. The van der Waals surface area contributed by atoms with Crippen molar-refractivity contribution in [3.8, 4) is 5.75 Å². The van der Waals surface area contributed by atoms with E-state index in [0.29, 0.717) is 27.8 Å². The lowest BCUT2D eigenvalue weighted by Crippen LogP contribution is -2.16. The van der Waals surface area contributed by atoms with Crippen LogP contribution < -0.4 is 10.1 Å². The zero-order valence-corrected chi connectivity index (χ0v) is 20.8. The van der Waals surface area contributed by atoms with Crippen molar-refractivity contribution in [2.75, 3.05) is 19.0 Å². The van der Waals surface area contributed by atoms with Crippen molar-refractivity contribution in [2.24, 2.45) is 0 Å². The lowest BCUT2D eigenvalue weighted by molar-refractivity contribution is 0.0506. The highest BCUT2D eigenvalue weighted by Crippen LogP contribution is 2.34. The van der Waals surface area contributed by atoms with Crippen LogP contribution in [0.1, 0.15) is 49.4 Å². The quantitative estimate of drug-likeness (QED) is 0.382. The van der Waals surface area contributed by atoms with Crippen LogP contribution in [0.3, 0.4) is 0 Å². The maximum Gasteiger partial charge on any atom is 0.348 e. The SMILES string of the molecule is CCCOC(=O)c1c(NC(=O)c2ccn(COc3ccc(Cl)cc3Cl)n2)sc(C(=O)OC)c1C. The first kappa shape index (κ1) is 25.5. The summed E-state index contributed by atoms with van der Waals surface area (Å²) in [4.78, 5) is 37.7. The van der Waals surface area contributed by atoms with Crippen molar-refractivity contribution >= 4 is 57.4 Å². The highest BCUT2D eigenvalue weighted by molar-refractivity contribution is 7.18. The van der Waals surface area contributed by atoms with Gasteiger partial charge in [-0.3, -0.25) is 4.79 Å². The summed E-state index contributed by atoms with van der Waals surface area (Å²) in [5.41, 5.74) is 0.545. The number of rotatable bonds is 9. The minimum absolute atomic E-state index is 0.00613. The van der Waals surface area contributed by atoms with Crippen LogP contribution in [0.2, 0.25) is 10.0 Å². The Morgan fingerprint density at radius 1 is 1.18 bits per heavy atom. The van der Waals surface area contributed by atoms with Gasteiger partial charge < -0.3 is 19.5 Å². The van der Waals surface area contributed by atoms with E-state index in [1.165, 1.54) is 17.9 Å². The summed E-state index contributed by atoms with van der Waals surface area (Å²) >= 11 is 12.9. The number of carbonyl (C=O) groups excluding carboxylic acids is 3. The molecule has 0 atom stereocenters. The number of anilines is 1. The number of amides is 1. The van der Waals surface area contributed by atoms with Crippen LogP contribution in [-0.4, -0.2) is 41.3 Å². The maximum absolute atomic E-state index is 12.8. The number of esters is 2. The summed E-state index contributed by atoms with van der Waals surface area (Å²) in [5.74, 6) is -1.42. The van der Waals surface area contributed by atoms with Crippen LogP contribution in [0.15, 0.2) is 30.5 Å². The molecule has 2 aromatic heterocycles. The second-order valence-corrected chi connectivity index (χ2v) is 8.79. The second-order valence-electron chi connectivity index (χ2n) is 6.93. The van der Waals surface area contributed by atoms with Crippen LogP contribution in [-0.2, 0) is 16.2 Å². The van der Waals surface area contributed by atoms with Gasteiger partial charge in [0, 0.05) is 11.2 Å². The van der Waals surface area contributed by atoms with Gasteiger partial charge in [-0.25, -0.2) is 14.3 Å². The first-order valence-corrected chi connectivity index (χ1v) is 11.6. The Labute approximate surface area is 209 Å². The highest BCUT2D eigenvalue weighted by atomic mass is 35.5. The smallest absolute Gasteiger partial charge is 0.348 e. The van der Waals surface area contributed by atoms with Crippen molar-refractivity contribution in [3.63, 3.8) is 0 Å². The van der Waals surface area contributed by atoms with Gasteiger partial charge in [-0.1, -0.05) is 30.1 Å². The predicted octanol–water partition coefficient (Wildman–Crippen LogP) is 5.20. The number of carbonyl (C=O) groups is 3. The van der Waals surface area contributed by atoms with E-state index < -0.39 is 17.8 Å². The molecule has 0 spiro atoms. The van der Waals surface area contributed by atoms with Gasteiger partial charge >= 0.3 is 11.9 Å². The number of aromatic nitrogens is 2. The third kappa shape index (κ3) is 5.88. The monoisotopic (exact) mass is 525 g/mol. The van der Waals surface area contributed by atoms with E-state index in [-0.39, 0.29) is 34.5 Å². The van der Waals surface area contributed by atoms with Crippen LogP contribution in [0, 0.1) is 6.92 Å². The molecule has 0 aliphatic carbocycles. The summed E-state index contributed by atoms with van der Waals surface area (Å²) < 4.78 is 17.0. The molecule has 180 valence electrons. The van der Waals surface area contributed by atoms with Crippen molar-refractivity contribution in [1.29, 1.82) is 0 Å². The Bertz CT molecular complexity index is 1220. The predicted molar refractivity (Wildman–Crippen MR) is 128 cm³/mol. The highest BCUT2D eigenvalue weighted by Gasteiger charge is 2.27. The Hall–Kier alpha value is -3.08. The molecule has 0 saturated heterocycles. The van der Waals surface area contributed by atoms with Gasteiger partial charge in [-0.15, -0.1) is 11.3 Å². The molecule has 0 fully saturated rings. The van der Waals surface area contributed by atoms with Crippen molar-refractivity contribution in [2.45, 2.75) is 27.0 Å². The molecule has 0 radical (unpaired) electrons. The van der Waals surface area contributed by atoms with E-state index in [9.17, 15) is 14.4 Å². The van der Waals surface area contributed by atoms with Crippen LogP contribution in [0.4, 0.5) is 5.00 Å². The standard InChI is InChI=1S/C22H21Cl2N3O6S/c1-4-9-32-21(29)17-12(2)18(22(30)31-3)34-20(17)25-19(28)15-7-8-27(26-15)11-33-16-6-5-13(23)10-14(16)24/h5-8,10H,4,9,11H2,1-3H3,(H,25,28). The molecule has 2 heterocycles. The third-order valence-corrected chi connectivity index (χ3v) is 6.22. The lowest BCUT2D eigenvalue weighted by Gasteiger charge is -2.08. The molecule has 0 saturated carbocycles. The summed E-state index contributed by atoms with van der Waals surface area (Å²) in [6.07, 6.45) is 2.18. The summed E-state index contributed by atoms with van der Waals surface area (Å²) in [6, 6.07) is 6.30. The normalized spacial score (nSPS) is 10.6. The van der Waals surface area contributed by atoms with E-state index in [4.69, 9.17) is 37.4 Å². The Kier molecular flexibility index (Phi) is 8.54. The van der Waals surface area contributed by atoms with Crippen molar-refractivity contribution in [3.05, 3.63) is 62.2 Å². The molecule has 0 aliphatic heterocycles. The zero-order chi connectivity index (χ0) is 24.8. The molecule has 9 nitrogen and oxygen atoms in total. The fourth-order valence-electron chi connectivity index (χ4n) is 2.85. The molecule has 1 aromatic carbocycles. The van der Waals surface area contributed by atoms with E-state index in [2.05, 4.69) is 10.4 Å². The molecule has 34 heavy (non-hydrogen) atoms. The number of hydrogen-bond acceptors (Lipinski definition) is 8. The number of thiophene rings is 1. The number of methoxy groups -OCH3 is 1. The third-order valence-electron chi connectivity index (χ3n) is 4.51. The Morgan fingerprint density at radius 3 is 2.62 bits per heavy atom. The average Bonchev–Trinajstić information content (AvgIpc) is 3.41.